The second-order valence-electron chi connectivity index (χ2n) is 6.48. The van der Waals surface area contributed by atoms with Crippen molar-refractivity contribution in [3.8, 4) is 0 Å². The number of hydrogen-bond acceptors (Lipinski definition) is 5. The summed E-state index contributed by atoms with van der Waals surface area (Å²) in [5, 5.41) is 30.0. The molecule has 0 bridgehead atoms. The summed E-state index contributed by atoms with van der Waals surface area (Å²) >= 11 is 0. The van der Waals surface area contributed by atoms with E-state index in [2.05, 4.69) is 5.32 Å². The molecule has 0 radical (unpaired) electrons. The van der Waals surface area contributed by atoms with Crippen molar-refractivity contribution in [2.75, 3.05) is 0 Å². The van der Waals surface area contributed by atoms with Crippen LogP contribution in [0, 0.1) is 17.8 Å². The van der Waals surface area contributed by atoms with E-state index in [1.54, 1.807) is 0 Å². The SMILES string of the molecule is NC1(C(=O)O)CC(NC(=O)c2ccc(C(=O)O)cc2)C2C(C(=O)O)C21. The number of carboxylic acids is 3. The van der Waals surface area contributed by atoms with Crippen LogP contribution in [0.3, 0.4) is 0 Å². The van der Waals surface area contributed by atoms with Crippen molar-refractivity contribution < 1.29 is 34.5 Å². The summed E-state index contributed by atoms with van der Waals surface area (Å²) < 4.78 is 0. The first-order valence-corrected chi connectivity index (χ1v) is 7.56. The number of carbonyl (C=O) groups excluding carboxylic acids is 1. The van der Waals surface area contributed by atoms with Crippen molar-refractivity contribution in [2.24, 2.45) is 23.5 Å². The van der Waals surface area contributed by atoms with E-state index in [-0.39, 0.29) is 17.5 Å². The molecule has 0 aliphatic heterocycles. The van der Waals surface area contributed by atoms with E-state index in [0.29, 0.717) is 0 Å². The molecule has 1 aromatic rings. The Hall–Kier alpha value is -2.94. The van der Waals surface area contributed by atoms with Crippen LogP contribution in [0.15, 0.2) is 24.3 Å². The number of hydrogen-bond donors (Lipinski definition) is 5. The second kappa shape index (κ2) is 5.55. The maximum Gasteiger partial charge on any atom is 0.335 e. The van der Waals surface area contributed by atoms with E-state index in [1.807, 2.05) is 0 Å². The van der Waals surface area contributed by atoms with Gasteiger partial charge in [-0.2, -0.15) is 0 Å². The predicted molar refractivity (Wildman–Crippen MR) is 81.9 cm³/mol. The molecule has 2 aliphatic rings. The Balaban J connectivity index is 1.76. The molecule has 6 N–H and O–H groups in total. The highest BCUT2D eigenvalue weighted by molar-refractivity contribution is 5.96. The molecule has 2 fully saturated rings. The third kappa shape index (κ3) is 2.62. The molecule has 0 aromatic heterocycles. The van der Waals surface area contributed by atoms with Gasteiger partial charge in [0.1, 0.15) is 5.54 Å². The number of nitrogens with one attached hydrogen (secondary N) is 1. The van der Waals surface area contributed by atoms with Crippen LogP contribution in [0.1, 0.15) is 27.1 Å². The summed E-state index contributed by atoms with van der Waals surface area (Å²) in [5.41, 5.74) is 4.43. The van der Waals surface area contributed by atoms with E-state index in [0.717, 1.165) is 0 Å². The lowest BCUT2D eigenvalue weighted by atomic mass is 9.90. The van der Waals surface area contributed by atoms with Gasteiger partial charge in [0.2, 0.25) is 0 Å². The van der Waals surface area contributed by atoms with E-state index in [9.17, 15) is 29.4 Å². The monoisotopic (exact) mass is 348 g/mol. The molecule has 0 saturated heterocycles. The Morgan fingerprint density at radius 3 is 2.08 bits per heavy atom. The van der Waals surface area contributed by atoms with E-state index in [4.69, 9.17) is 10.8 Å². The lowest BCUT2D eigenvalue weighted by molar-refractivity contribution is -0.145. The zero-order valence-corrected chi connectivity index (χ0v) is 12.9. The highest BCUT2D eigenvalue weighted by Gasteiger charge is 2.74. The predicted octanol–water partition coefficient (Wildman–Crippen LogP) is -0.384. The smallest absolute Gasteiger partial charge is 0.335 e. The molecule has 9 heteroatoms. The minimum Gasteiger partial charge on any atom is -0.481 e. The van der Waals surface area contributed by atoms with Crippen LogP contribution < -0.4 is 11.1 Å². The van der Waals surface area contributed by atoms with Gasteiger partial charge < -0.3 is 26.4 Å². The number of fused-ring (bicyclic) bond motifs is 1. The Kier molecular flexibility index (Phi) is 3.76. The molecule has 25 heavy (non-hydrogen) atoms. The summed E-state index contributed by atoms with van der Waals surface area (Å²) in [4.78, 5) is 45.8. The third-order valence-corrected chi connectivity index (χ3v) is 5.09. The quantitative estimate of drug-likeness (QED) is 0.480. The molecule has 1 aromatic carbocycles. The van der Waals surface area contributed by atoms with Crippen LogP contribution in [-0.4, -0.2) is 50.7 Å². The van der Waals surface area contributed by atoms with Gasteiger partial charge in [0, 0.05) is 17.5 Å². The normalized spacial score (nSPS) is 32.5. The lowest BCUT2D eigenvalue weighted by Crippen LogP contribution is -2.52. The molecule has 9 nitrogen and oxygen atoms in total. The molecule has 0 spiro atoms. The maximum absolute atomic E-state index is 12.3. The van der Waals surface area contributed by atoms with Crippen molar-refractivity contribution in [1.82, 2.24) is 5.32 Å². The highest BCUT2D eigenvalue weighted by atomic mass is 16.4. The van der Waals surface area contributed by atoms with Crippen molar-refractivity contribution >= 4 is 23.8 Å². The van der Waals surface area contributed by atoms with Gasteiger partial charge in [0.15, 0.2) is 0 Å². The summed E-state index contributed by atoms with van der Waals surface area (Å²) in [6.45, 7) is 0. The molecule has 2 saturated carbocycles. The van der Waals surface area contributed by atoms with Gasteiger partial charge in [0.05, 0.1) is 11.5 Å². The number of aromatic carboxylic acids is 1. The van der Waals surface area contributed by atoms with Crippen LogP contribution in [0.2, 0.25) is 0 Å². The average Bonchev–Trinajstić information content (AvgIpc) is 3.24. The van der Waals surface area contributed by atoms with Gasteiger partial charge in [-0.1, -0.05) is 0 Å². The molecule has 0 heterocycles. The van der Waals surface area contributed by atoms with Gasteiger partial charge >= 0.3 is 17.9 Å². The van der Waals surface area contributed by atoms with Crippen molar-refractivity contribution in [3.05, 3.63) is 35.4 Å². The number of benzene rings is 1. The summed E-state index contributed by atoms with van der Waals surface area (Å²) in [5.74, 6) is -6.21. The van der Waals surface area contributed by atoms with Gasteiger partial charge in [-0.15, -0.1) is 0 Å². The van der Waals surface area contributed by atoms with Gasteiger partial charge in [-0.25, -0.2) is 4.79 Å². The minimum absolute atomic E-state index is 0.0254. The number of carboxylic acid groups (broad SMARTS) is 3. The molecular weight excluding hydrogens is 332 g/mol. The molecule has 1 amide bonds. The molecule has 3 rings (SSSR count). The summed E-state index contributed by atoms with van der Waals surface area (Å²) in [6, 6.07) is 4.55. The summed E-state index contributed by atoms with van der Waals surface area (Å²) in [6.07, 6.45) is -0.0552. The highest BCUT2D eigenvalue weighted by Crippen LogP contribution is 2.61. The number of amides is 1. The van der Waals surface area contributed by atoms with Crippen LogP contribution >= 0.6 is 0 Å². The first kappa shape index (κ1) is 16.9. The standard InChI is InChI=1S/C16H16N2O7/c17-16(15(24)25)5-8(9-10(11(9)16)14(22)23)18-12(19)6-1-3-7(4-2-6)13(20)21/h1-4,8-11H,5,17H2,(H,18,19)(H,20,21)(H,22,23)(H,24,25). The number of carbonyl (C=O) groups is 4. The molecule has 5 atom stereocenters. The first-order valence-electron chi connectivity index (χ1n) is 7.56. The third-order valence-electron chi connectivity index (χ3n) is 5.09. The second-order valence-corrected chi connectivity index (χ2v) is 6.48. The van der Waals surface area contributed by atoms with Gasteiger partial charge in [-0.05, 0) is 36.6 Å². The Morgan fingerprint density at radius 1 is 1.04 bits per heavy atom. The zero-order chi connectivity index (χ0) is 18.5. The molecule has 132 valence electrons. The maximum atomic E-state index is 12.3. The molecular formula is C16H16N2O7. The zero-order valence-electron chi connectivity index (χ0n) is 12.9. The number of nitrogens with two attached hydrogens (primary N) is 1. The number of aliphatic carboxylic acids is 2. The molecule has 2 aliphatic carbocycles. The fourth-order valence-electron chi connectivity index (χ4n) is 3.85. The van der Waals surface area contributed by atoms with Crippen LogP contribution in [0.25, 0.3) is 0 Å². The largest absolute Gasteiger partial charge is 0.481 e. The fourth-order valence-corrected chi connectivity index (χ4v) is 3.85. The van der Waals surface area contributed by atoms with Gasteiger partial charge in [0.25, 0.3) is 5.91 Å². The molecule has 5 unspecified atom stereocenters. The fraction of sp³-hybridized carbons (Fsp3) is 0.375. The van der Waals surface area contributed by atoms with Crippen LogP contribution in [0.5, 0.6) is 0 Å². The summed E-state index contributed by atoms with van der Waals surface area (Å²) in [7, 11) is 0. The number of rotatable bonds is 5. The van der Waals surface area contributed by atoms with Crippen molar-refractivity contribution in [2.45, 2.75) is 18.0 Å². The lowest BCUT2D eigenvalue weighted by Gasteiger charge is -2.25. The Bertz CT molecular complexity index is 775. The van der Waals surface area contributed by atoms with E-state index >= 15 is 0 Å². The van der Waals surface area contributed by atoms with Crippen LogP contribution in [-0.2, 0) is 9.59 Å². The van der Waals surface area contributed by atoms with Gasteiger partial charge in [-0.3, -0.25) is 14.4 Å². The van der Waals surface area contributed by atoms with Crippen molar-refractivity contribution in [1.29, 1.82) is 0 Å². The van der Waals surface area contributed by atoms with E-state index < -0.39 is 53.1 Å². The first-order chi connectivity index (χ1) is 11.7. The van der Waals surface area contributed by atoms with Crippen LogP contribution in [0.4, 0.5) is 0 Å². The van der Waals surface area contributed by atoms with Crippen molar-refractivity contribution in [3.63, 3.8) is 0 Å². The minimum atomic E-state index is -1.68. The Labute approximate surface area is 141 Å². The average molecular weight is 348 g/mol. The topological polar surface area (TPSA) is 167 Å². The van der Waals surface area contributed by atoms with E-state index in [1.165, 1.54) is 24.3 Å². The Morgan fingerprint density at radius 2 is 1.60 bits per heavy atom.